The molecule has 0 fully saturated rings. The second-order valence-electron chi connectivity index (χ2n) is 4.63. The minimum Gasteiger partial charge on any atom is -0.383 e. The Balaban J connectivity index is 2.64. The maximum absolute atomic E-state index is 13.6. The SMILES string of the molecule is CCN(CCOC)CC(C)C(=O)c1ccccc1F. The van der Waals surface area contributed by atoms with E-state index in [-0.39, 0.29) is 17.3 Å². The minimum absolute atomic E-state index is 0.144. The molecule has 0 amide bonds. The van der Waals surface area contributed by atoms with E-state index in [1.165, 1.54) is 6.07 Å². The molecule has 0 aliphatic heterocycles. The highest BCUT2D eigenvalue weighted by Gasteiger charge is 2.20. The number of hydrogen-bond acceptors (Lipinski definition) is 3. The first-order chi connectivity index (χ1) is 9.10. The van der Waals surface area contributed by atoms with Crippen molar-refractivity contribution in [3.05, 3.63) is 35.6 Å². The number of ether oxygens (including phenoxy) is 1. The number of Topliss-reactive ketones (excluding diaryl/α,β-unsaturated/α-hetero) is 1. The molecule has 0 heterocycles. The van der Waals surface area contributed by atoms with E-state index in [9.17, 15) is 9.18 Å². The molecule has 1 aromatic carbocycles. The van der Waals surface area contributed by atoms with E-state index in [2.05, 4.69) is 4.90 Å². The highest BCUT2D eigenvalue weighted by molar-refractivity contribution is 5.98. The van der Waals surface area contributed by atoms with Gasteiger partial charge in [-0.25, -0.2) is 4.39 Å². The summed E-state index contributed by atoms with van der Waals surface area (Å²) in [7, 11) is 1.65. The van der Waals surface area contributed by atoms with Crippen LogP contribution in [0.5, 0.6) is 0 Å². The van der Waals surface area contributed by atoms with Gasteiger partial charge < -0.3 is 9.64 Å². The number of rotatable bonds is 8. The van der Waals surface area contributed by atoms with Gasteiger partial charge in [0.05, 0.1) is 12.2 Å². The molecule has 106 valence electrons. The minimum atomic E-state index is -0.445. The van der Waals surface area contributed by atoms with Gasteiger partial charge in [-0.3, -0.25) is 4.79 Å². The fraction of sp³-hybridized carbons (Fsp3) is 0.533. The van der Waals surface area contributed by atoms with Crippen LogP contribution in [-0.4, -0.2) is 44.0 Å². The third-order valence-electron chi connectivity index (χ3n) is 3.18. The smallest absolute Gasteiger partial charge is 0.169 e. The Morgan fingerprint density at radius 3 is 2.68 bits per heavy atom. The molecule has 1 atom stereocenters. The summed E-state index contributed by atoms with van der Waals surface area (Å²) in [4.78, 5) is 14.3. The van der Waals surface area contributed by atoms with Crippen molar-refractivity contribution in [3.8, 4) is 0 Å². The maximum Gasteiger partial charge on any atom is 0.169 e. The zero-order valence-electron chi connectivity index (χ0n) is 11.9. The molecule has 19 heavy (non-hydrogen) atoms. The maximum atomic E-state index is 13.6. The molecule has 0 radical (unpaired) electrons. The molecule has 1 rings (SSSR count). The number of ketones is 1. The second-order valence-corrected chi connectivity index (χ2v) is 4.63. The fourth-order valence-corrected chi connectivity index (χ4v) is 2.00. The Kier molecular flexibility index (Phi) is 6.67. The van der Waals surface area contributed by atoms with E-state index in [0.29, 0.717) is 13.2 Å². The van der Waals surface area contributed by atoms with Crippen molar-refractivity contribution < 1.29 is 13.9 Å². The van der Waals surface area contributed by atoms with Crippen LogP contribution in [0.25, 0.3) is 0 Å². The summed E-state index contributed by atoms with van der Waals surface area (Å²) in [5.74, 6) is -0.818. The van der Waals surface area contributed by atoms with E-state index in [1.54, 1.807) is 25.3 Å². The van der Waals surface area contributed by atoms with E-state index in [0.717, 1.165) is 13.1 Å². The van der Waals surface area contributed by atoms with Gasteiger partial charge in [0.2, 0.25) is 0 Å². The van der Waals surface area contributed by atoms with Gasteiger partial charge in [0.25, 0.3) is 0 Å². The number of carbonyl (C=O) groups excluding carboxylic acids is 1. The molecule has 0 aliphatic carbocycles. The van der Waals surface area contributed by atoms with E-state index >= 15 is 0 Å². The zero-order chi connectivity index (χ0) is 14.3. The molecule has 0 N–H and O–H groups in total. The lowest BCUT2D eigenvalue weighted by atomic mass is 9.98. The molecule has 0 saturated heterocycles. The monoisotopic (exact) mass is 267 g/mol. The van der Waals surface area contributed by atoms with Crippen LogP contribution in [0.2, 0.25) is 0 Å². The van der Waals surface area contributed by atoms with Crippen LogP contribution in [0, 0.1) is 11.7 Å². The third-order valence-corrected chi connectivity index (χ3v) is 3.18. The van der Waals surface area contributed by atoms with Crippen molar-refractivity contribution in [1.29, 1.82) is 0 Å². The summed E-state index contributed by atoms with van der Waals surface area (Å²) in [6.45, 7) is 6.75. The van der Waals surface area contributed by atoms with Crippen molar-refractivity contribution in [2.45, 2.75) is 13.8 Å². The molecule has 0 spiro atoms. The van der Waals surface area contributed by atoms with Gasteiger partial charge in [-0.1, -0.05) is 26.0 Å². The molecule has 0 aromatic heterocycles. The average Bonchev–Trinajstić information content (AvgIpc) is 2.43. The summed E-state index contributed by atoms with van der Waals surface area (Å²) in [5, 5.41) is 0. The van der Waals surface area contributed by atoms with Gasteiger partial charge in [-0.15, -0.1) is 0 Å². The Hall–Kier alpha value is -1.26. The van der Waals surface area contributed by atoms with Crippen molar-refractivity contribution in [1.82, 2.24) is 4.90 Å². The number of hydrogen-bond donors (Lipinski definition) is 0. The molecule has 1 aromatic rings. The first-order valence-electron chi connectivity index (χ1n) is 6.60. The van der Waals surface area contributed by atoms with Crippen LogP contribution in [0.4, 0.5) is 4.39 Å². The summed E-state index contributed by atoms with van der Waals surface area (Å²) < 4.78 is 18.6. The fourth-order valence-electron chi connectivity index (χ4n) is 2.00. The Morgan fingerprint density at radius 2 is 2.11 bits per heavy atom. The topological polar surface area (TPSA) is 29.5 Å². The standard InChI is InChI=1S/C15H22FNO2/c1-4-17(9-10-19-3)11-12(2)15(18)13-7-5-6-8-14(13)16/h5-8,12H,4,9-11H2,1-3H3. The van der Waals surface area contributed by atoms with Crippen LogP contribution < -0.4 is 0 Å². The molecule has 1 unspecified atom stereocenters. The highest BCUT2D eigenvalue weighted by atomic mass is 19.1. The van der Waals surface area contributed by atoms with Crippen LogP contribution in [0.15, 0.2) is 24.3 Å². The Morgan fingerprint density at radius 1 is 1.42 bits per heavy atom. The number of methoxy groups -OCH3 is 1. The molecule has 4 heteroatoms. The normalized spacial score (nSPS) is 12.7. The number of benzene rings is 1. The zero-order valence-corrected chi connectivity index (χ0v) is 11.9. The van der Waals surface area contributed by atoms with E-state index < -0.39 is 5.82 Å². The van der Waals surface area contributed by atoms with Crippen LogP contribution >= 0.6 is 0 Å². The Labute approximate surface area is 114 Å². The largest absolute Gasteiger partial charge is 0.383 e. The third kappa shape index (κ3) is 4.73. The van der Waals surface area contributed by atoms with Crippen LogP contribution in [0.3, 0.4) is 0 Å². The lowest BCUT2D eigenvalue weighted by molar-refractivity contribution is 0.0869. The molecule has 0 bridgehead atoms. The van der Waals surface area contributed by atoms with Gasteiger partial charge in [0.1, 0.15) is 5.82 Å². The average molecular weight is 267 g/mol. The van der Waals surface area contributed by atoms with Gasteiger partial charge in [-0.2, -0.15) is 0 Å². The summed E-state index contributed by atoms with van der Waals surface area (Å²) >= 11 is 0. The first kappa shape index (κ1) is 15.8. The number of likely N-dealkylation sites (N-methyl/N-ethyl adjacent to an activating group) is 1. The predicted octanol–water partition coefficient (Wildman–Crippen LogP) is 2.61. The Bertz CT molecular complexity index is 409. The molecular weight excluding hydrogens is 245 g/mol. The molecule has 0 aliphatic rings. The van der Waals surface area contributed by atoms with Crippen LogP contribution in [-0.2, 0) is 4.74 Å². The van der Waals surface area contributed by atoms with Gasteiger partial charge >= 0.3 is 0 Å². The van der Waals surface area contributed by atoms with Crippen molar-refractivity contribution in [3.63, 3.8) is 0 Å². The first-order valence-corrected chi connectivity index (χ1v) is 6.60. The van der Waals surface area contributed by atoms with Crippen LogP contribution in [0.1, 0.15) is 24.2 Å². The molecular formula is C15H22FNO2. The number of halogens is 1. The van der Waals surface area contributed by atoms with Gasteiger partial charge in [-0.05, 0) is 18.7 Å². The van der Waals surface area contributed by atoms with Crippen molar-refractivity contribution in [2.75, 3.05) is 33.4 Å². The van der Waals surface area contributed by atoms with E-state index in [1.807, 2.05) is 13.8 Å². The van der Waals surface area contributed by atoms with Gasteiger partial charge in [0.15, 0.2) is 5.78 Å². The summed E-state index contributed by atoms with van der Waals surface area (Å²) in [5.41, 5.74) is 0.179. The quantitative estimate of drug-likeness (QED) is 0.678. The second kappa shape index (κ2) is 8.02. The molecule has 0 saturated carbocycles. The lowest BCUT2D eigenvalue weighted by Crippen LogP contribution is -2.34. The summed E-state index contributed by atoms with van der Waals surface area (Å²) in [6, 6.07) is 6.14. The number of nitrogens with zero attached hydrogens (tertiary/aromatic N) is 1. The number of carbonyl (C=O) groups is 1. The molecule has 3 nitrogen and oxygen atoms in total. The summed E-state index contributed by atoms with van der Waals surface area (Å²) in [6.07, 6.45) is 0. The lowest BCUT2D eigenvalue weighted by Gasteiger charge is -2.23. The van der Waals surface area contributed by atoms with Crippen molar-refractivity contribution >= 4 is 5.78 Å². The predicted molar refractivity (Wildman–Crippen MR) is 73.9 cm³/mol. The highest BCUT2D eigenvalue weighted by Crippen LogP contribution is 2.13. The van der Waals surface area contributed by atoms with Gasteiger partial charge in [0, 0.05) is 26.1 Å². The van der Waals surface area contributed by atoms with Crippen molar-refractivity contribution in [2.24, 2.45) is 5.92 Å². The van der Waals surface area contributed by atoms with E-state index in [4.69, 9.17) is 4.74 Å².